The fourth-order valence-electron chi connectivity index (χ4n) is 1.60. The van der Waals surface area contributed by atoms with Crippen LogP contribution >= 0.6 is 0 Å². The number of carbonyl (C=O) groups is 1. The van der Waals surface area contributed by atoms with Crippen molar-refractivity contribution in [2.75, 3.05) is 19.8 Å². The van der Waals surface area contributed by atoms with Crippen LogP contribution in [-0.4, -0.2) is 36.4 Å². The van der Waals surface area contributed by atoms with Gasteiger partial charge in [-0.1, -0.05) is 13.8 Å². The van der Waals surface area contributed by atoms with E-state index in [9.17, 15) is 9.90 Å². The molecule has 1 atom stereocenters. The molecule has 2 N–H and O–H groups in total. The van der Waals surface area contributed by atoms with E-state index in [1.807, 2.05) is 6.92 Å². The van der Waals surface area contributed by atoms with Crippen LogP contribution in [0.1, 0.15) is 52.9 Å². The van der Waals surface area contributed by atoms with Crippen molar-refractivity contribution in [1.29, 1.82) is 0 Å². The highest BCUT2D eigenvalue weighted by atomic mass is 16.5. The largest absolute Gasteiger partial charge is 0.480 e. The summed E-state index contributed by atoms with van der Waals surface area (Å²) < 4.78 is 5.37. The molecule has 4 heteroatoms. The Morgan fingerprint density at radius 1 is 1.24 bits per heavy atom. The van der Waals surface area contributed by atoms with Crippen LogP contribution in [-0.2, 0) is 9.53 Å². The third-order valence-electron chi connectivity index (χ3n) is 2.80. The van der Waals surface area contributed by atoms with E-state index in [4.69, 9.17) is 4.74 Å². The lowest BCUT2D eigenvalue weighted by Gasteiger charge is -2.26. The SMILES string of the molecule is CCCNC(C)(CCCCOCCC)C(=O)O. The molecule has 0 aliphatic carbocycles. The van der Waals surface area contributed by atoms with Gasteiger partial charge in [0.2, 0.25) is 0 Å². The number of unbranched alkanes of at least 4 members (excludes halogenated alkanes) is 1. The number of carboxylic acids is 1. The molecule has 0 aromatic rings. The van der Waals surface area contributed by atoms with Crippen molar-refractivity contribution < 1.29 is 14.6 Å². The minimum absolute atomic E-state index is 0.651. The van der Waals surface area contributed by atoms with E-state index in [1.54, 1.807) is 6.92 Å². The molecule has 0 aliphatic rings. The molecule has 0 amide bonds. The third kappa shape index (κ3) is 7.34. The summed E-state index contributed by atoms with van der Waals surface area (Å²) in [5.74, 6) is -0.763. The summed E-state index contributed by atoms with van der Waals surface area (Å²) in [6.45, 7) is 8.15. The molecule has 1 unspecified atom stereocenters. The van der Waals surface area contributed by atoms with Crippen LogP contribution in [0.4, 0.5) is 0 Å². The second-order valence-electron chi connectivity index (χ2n) is 4.63. The van der Waals surface area contributed by atoms with E-state index in [0.717, 1.165) is 45.4 Å². The molecule has 17 heavy (non-hydrogen) atoms. The summed E-state index contributed by atoms with van der Waals surface area (Å²) in [5, 5.41) is 12.3. The molecule has 0 fully saturated rings. The first-order valence-electron chi connectivity index (χ1n) is 6.63. The molecule has 0 saturated carbocycles. The number of hydrogen-bond donors (Lipinski definition) is 2. The van der Waals surface area contributed by atoms with Gasteiger partial charge in [0.05, 0.1) is 0 Å². The first kappa shape index (κ1) is 16.4. The van der Waals surface area contributed by atoms with Gasteiger partial charge in [0.25, 0.3) is 0 Å². The van der Waals surface area contributed by atoms with E-state index in [0.29, 0.717) is 6.42 Å². The molecule has 0 spiro atoms. The Labute approximate surface area is 105 Å². The monoisotopic (exact) mass is 245 g/mol. The maximum absolute atomic E-state index is 11.2. The van der Waals surface area contributed by atoms with Crippen molar-refractivity contribution in [3.63, 3.8) is 0 Å². The summed E-state index contributed by atoms with van der Waals surface area (Å²) in [7, 11) is 0. The van der Waals surface area contributed by atoms with Crippen LogP contribution in [0.2, 0.25) is 0 Å². The summed E-state index contributed by atoms with van der Waals surface area (Å²) in [6, 6.07) is 0. The Balaban J connectivity index is 3.81. The van der Waals surface area contributed by atoms with Crippen LogP contribution in [0, 0.1) is 0 Å². The van der Waals surface area contributed by atoms with Gasteiger partial charge in [0.15, 0.2) is 0 Å². The van der Waals surface area contributed by atoms with E-state index in [-0.39, 0.29) is 0 Å². The zero-order chi connectivity index (χ0) is 13.1. The summed E-state index contributed by atoms with van der Waals surface area (Å²) in [6.07, 6.45) is 4.44. The van der Waals surface area contributed by atoms with Gasteiger partial charge in [-0.05, 0) is 45.6 Å². The Hall–Kier alpha value is -0.610. The highest BCUT2D eigenvalue weighted by Gasteiger charge is 2.31. The summed E-state index contributed by atoms with van der Waals surface area (Å²) in [5.41, 5.74) is -0.791. The fraction of sp³-hybridized carbons (Fsp3) is 0.923. The Morgan fingerprint density at radius 3 is 2.47 bits per heavy atom. The summed E-state index contributed by atoms with van der Waals surface area (Å²) in [4.78, 5) is 11.2. The molecule has 102 valence electrons. The number of ether oxygens (including phenoxy) is 1. The molecule has 0 aromatic heterocycles. The number of aliphatic carboxylic acids is 1. The average Bonchev–Trinajstić information content (AvgIpc) is 2.31. The maximum Gasteiger partial charge on any atom is 0.323 e. The molecule has 0 heterocycles. The Kier molecular flexibility index (Phi) is 9.09. The number of hydrogen-bond acceptors (Lipinski definition) is 3. The molecule has 0 aliphatic heterocycles. The average molecular weight is 245 g/mol. The number of rotatable bonds is 11. The molecule has 0 rings (SSSR count). The van der Waals surface area contributed by atoms with Crippen molar-refractivity contribution in [2.45, 2.75) is 58.4 Å². The highest BCUT2D eigenvalue weighted by molar-refractivity contribution is 5.78. The zero-order valence-electron chi connectivity index (χ0n) is 11.4. The van der Waals surface area contributed by atoms with Crippen LogP contribution < -0.4 is 5.32 Å². The van der Waals surface area contributed by atoms with E-state index in [1.165, 1.54) is 0 Å². The molecular weight excluding hydrogens is 218 g/mol. The molecule has 0 saturated heterocycles. The second kappa shape index (κ2) is 9.42. The standard InChI is InChI=1S/C13H27NO3/c1-4-9-14-13(3,12(15)16)8-6-7-11-17-10-5-2/h14H,4-11H2,1-3H3,(H,15,16). The lowest BCUT2D eigenvalue weighted by molar-refractivity contribution is -0.144. The minimum Gasteiger partial charge on any atom is -0.480 e. The van der Waals surface area contributed by atoms with E-state index in [2.05, 4.69) is 12.2 Å². The number of carboxylic acid groups (broad SMARTS) is 1. The lowest BCUT2D eigenvalue weighted by Crippen LogP contribution is -2.49. The number of nitrogens with one attached hydrogen (secondary N) is 1. The van der Waals surface area contributed by atoms with Crippen LogP contribution in [0.15, 0.2) is 0 Å². The van der Waals surface area contributed by atoms with Gasteiger partial charge in [-0.15, -0.1) is 0 Å². The van der Waals surface area contributed by atoms with Gasteiger partial charge in [0, 0.05) is 13.2 Å². The van der Waals surface area contributed by atoms with Crippen LogP contribution in [0.5, 0.6) is 0 Å². The normalized spacial score (nSPS) is 14.5. The molecule has 4 nitrogen and oxygen atoms in total. The fourth-order valence-corrected chi connectivity index (χ4v) is 1.60. The predicted molar refractivity (Wildman–Crippen MR) is 69.3 cm³/mol. The molecule has 0 aromatic carbocycles. The second-order valence-corrected chi connectivity index (χ2v) is 4.63. The van der Waals surface area contributed by atoms with Gasteiger partial charge in [-0.25, -0.2) is 0 Å². The van der Waals surface area contributed by atoms with Crippen LogP contribution in [0.25, 0.3) is 0 Å². The van der Waals surface area contributed by atoms with E-state index >= 15 is 0 Å². The smallest absolute Gasteiger partial charge is 0.323 e. The molecule has 0 radical (unpaired) electrons. The van der Waals surface area contributed by atoms with Crippen molar-refractivity contribution in [2.24, 2.45) is 0 Å². The third-order valence-corrected chi connectivity index (χ3v) is 2.80. The Morgan fingerprint density at radius 2 is 1.94 bits per heavy atom. The van der Waals surface area contributed by atoms with Crippen LogP contribution in [0.3, 0.4) is 0 Å². The lowest BCUT2D eigenvalue weighted by atomic mass is 9.95. The van der Waals surface area contributed by atoms with Crippen molar-refractivity contribution in [1.82, 2.24) is 5.32 Å². The minimum atomic E-state index is -0.791. The van der Waals surface area contributed by atoms with Gasteiger partial charge in [0.1, 0.15) is 5.54 Å². The quantitative estimate of drug-likeness (QED) is 0.549. The van der Waals surface area contributed by atoms with Crippen molar-refractivity contribution in [3.05, 3.63) is 0 Å². The molecule has 0 bridgehead atoms. The Bertz CT molecular complexity index is 209. The topological polar surface area (TPSA) is 58.6 Å². The van der Waals surface area contributed by atoms with Gasteiger partial charge < -0.3 is 15.2 Å². The van der Waals surface area contributed by atoms with Gasteiger partial charge in [-0.2, -0.15) is 0 Å². The first-order valence-corrected chi connectivity index (χ1v) is 6.63. The first-order chi connectivity index (χ1) is 8.06. The van der Waals surface area contributed by atoms with Crippen molar-refractivity contribution in [3.8, 4) is 0 Å². The summed E-state index contributed by atoms with van der Waals surface area (Å²) >= 11 is 0. The highest BCUT2D eigenvalue weighted by Crippen LogP contribution is 2.14. The molecular formula is C13H27NO3. The zero-order valence-corrected chi connectivity index (χ0v) is 11.4. The van der Waals surface area contributed by atoms with Gasteiger partial charge >= 0.3 is 5.97 Å². The van der Waals surface area contributed by atoms with E-state index < -0.39 is 11.5 Å². The maximum atomic E-state index is 11.2. The van der Waals surface area contributed by atoms with Gasteiger partial charge in [-0.3, -0.25) is 4.79 Å². The van der Waals surface area contributed by atoms with Crippen molar-refractivity contribution >= 4 is 5.97 Å². The predicted octanol–water partition coefficient (Wildman–Crippen LogP) is 2.43.